The van der Waals surface area contributed by atoms with Gasteiger partial charge in [0.25, 0.3) is 0 Å². The molecule has 0 saturated carbocycles. The van der Waals surface area contributed by atoms with Gasteiger partial charge in [0.05, 0.1) is 0 Å². The van der Waals surface area contributed by atoms with Crippen molar-refractivity contribution in [2.45, 2.75) is 302 Å². The molecular formula is C63H126O9. The monoisotopic (exact) mass is 1040 g/mol. The molecule has 0 saturated heterocycles. The second kappa shape index (κ2) is 64.1. The molecule has 9 heteroatoms. The average Bonchev–Trinajstić information content (AvgIpc) is 3.32. The Kier molecular flexibility index (Phi) is 50.6. The molecule has 0 spiro atoms. The second-order valence-corrected chi connectivity index (χ2v) is 21.0. The van der Waals surface area contributed by atoms with Gasteiger partial charge >= 0.3 is 0 Å². The number of hydrogen-bond acceptors (Lipinski definition) is 9. The summed E-state index contributed by atoms with van der Waals surface area (Å²) in [5, 5.41) is 0. The van der Waals surface area contributed by atoms with Crippen LogP contribution in [-0.2, 0) is 43.2 Å². The van der Waals surface area contributed by atoms with Crippen molar-refractivity contribution in [2.75, 3.05) is 0 Å². The van der Waals surface area contributed by atoms with Crippen molar-refractivity contribution in [3.05, 3.63) is 0 Å². The van der Waals surface area contributed by atoms with E-state index in [4.69, 9.17) is 20.6 Å². The summed E-state index contributed by atoms with van der Waals surface area (Å²) in [5.74, 6) is 0.313. The Morgan fingerprint density at radius 1 is 0.236 bits per heavy atom. The minimum absolute atomic E-state index is 0.115. The molecule has 0 aliphatic heterocycles. The topological polar surface area (TPSA) is 154 Å². The van der Waals surface area contributed by atoms with Crippen LogP contribution in [0.1, 0.15) is 323 Å². The van der Waals surface area contributed by atoms with Crippen LogP contribution in [0, 0.1) is 53.3 Å². The lowest BCUT2D eigenvalue weighted by Crippen LogP contribution is -1.93. The summed E-state index contributed by atoms with van der Waals surface area (Å²) in [7, 11) is 0. The van der Waals surface area contributed by atoms with E-state index in [1.54, 1.807) is 62.3 Å². The van der Waals surface area contributed by atoms with E-state index < -0.39 is 73.3 Å². The molecule has 432 valence electrons. The number of carbonyl (C=O) groups is 9. The summed E-state index contributed by atoms with van der Waals surface area (Å²) in [5.41, 5.74) is 0. The maximum atomic E-state index is 10.8. The Hall–Kier alpha value is -2.97. The highest BCUT2D eigenvalue weighted by Crippen LogP contribution is 2.07. The number of carbonyl (C=O) groups excluding carboxylic acids is 9. The molecule has 0 aromatic heterocycles. The molecule has 0 rings (SSSR count). The Labute approximate surface area is 470 Å². The molecule has 0 fully saturated rings. The maximum absolute atomic E-state index is 10.8. The Balaban J connectivity index is -0.000000113. The Bertz CT molecular complexity index is 1720. The molecule has 0 aliphatic carbocycles. The second-order valence-electron chi connectivity index (χ2n) is 21.0. The summed E-state index contributed by atoms with van der Waals surface area (Å²) >= 11 is 0. The van der Waals surface area contributed by atoms with Gasteiger partial charge in [-0.15, -0.1) is 0 Å². The third kappa shape index (κ3) is 165. The van der Waals surface area contributed by atoms with Crippen molar-refractivity contribution in [2.24, 2.45) is 53.3 Å². The van der Waals surface area contributed by atoms with Crippen LogP contribution in [0.25, 0.3) is 0 Å². The van der Waals surface area contributed by atoms with Crippen LogP contribution in [0.4, 0.5) is 0 Å². The molecule has 3 atom stereocenters. The van der Waals surface area contributed by atoms with Gasteiger partial charge in [-0.3, -0.25) is 0 Å². The fourth-order valence-electron chi connectivity index (χ4n) is 3.42. The highest BCUT2D eigenvalue weighted by atomic mass is 16.2. The van der Waals surface area contributed by atoms with Crippen molar-refractivity contribution in [1.82, 2.24) is 0 Å². The van der Waals surface area contributed by atoms with Crippen LogP contribution in [0.5, 0.6) is 0 Å². The lowest BCUT2D eigenvalue weighted by molar-refractivity contribution is -0.118. The van der Waals surface area contributed by atoms with E-state index in [0.29, 0.717) is 72.1 Å². The molecule has 0 amide bonds. The predicted octanol–water partition coefficient (Wildman–Crippen LogP) is 18.1. The summed E-state index contributed by atoms with van der Waals surface area (Å²) < 4.78 is 110. The van der Waals surface area contributed by atoms with E-state index >= 15 is 0 Å². The highest BCUT2D eigenvalue weighted by molar-refractivity contribution is 5.77. The highest BCUT2D eigenvalue weighted by Gasteiger charge is 2.01. The third-order valence-electron chi connectivity index (χ3n) is 7.46. The van der Waals surface area contributed by atoms with Crippen molar-refractivity contribution < 1.29 is 63.7 Å². The maximum Gasteiger partial charge on any atom is 0.129 e. The zero-order valence-electron chi connectivity index (χ0n) is 66.5. The van der Waals surface area contributed by atoms with Crippen molar-refractivity contribution in [1.29, 1.82) is 0 Å². The summed E-state index contributed by atoms with van der Waals surface area (Å²) in [4.78, 5) is 94.8. The molecule has 0 aromatic carbocycles. The largest absolute Gasteiger partial charge is 0.300 e. The van der Waals surface area contributed by atoms with Gasteiger partial charge in [-0.25, -0.2) is 0 Å². The van der Waals surface area contributed by atoms with Crippen molar-refractivity contribution >= 4 is 52.0 Å². The number of rotatable bonds is 27. The van der Waals surface area contributed by atoms with E-state index in [9.17, 15) is 43.2 Å². The van der Waals surface area contributed by atoms with E-state index in [1.165, 1.54) is 20.8 Å². The van der Waals surface area contributed by atoms with E-state index in [1.807, 2.05) is 41.5 Å². The molecule has 0 aromatic rings. The zero-order valence-corrected chi connectivity index (χ0v) is 51.5. The molecule has 9 nitrogen and oxygen atoms in total. The Morgan fingerprint density at radius 2 is 0.389 bits per heavy atom. The average molecular weight is 1040 g/mol. The molecule has 72 heavy (non-hydrogen) atoms. The number of hydrogen-bond donors (Lipinski definition) is 0. The van der Waals surface area contributed by atoms with Crippen LogP contribution in [0.2, 0.25) is 0 Å². The smallest absolute Gasteiger partial charge is 0.129 e. The third-order valence-corrected chi connectivity index (χ3v) is 7.46. The first-order chi connectivity index (χ1) is 38.4. The molecule has 1 unspecified atom stereocenters. The van der Waals surface area contributed by atoms with Gasteiger partial charge in [-0.1, -0.05) is 125 Å². The lowest BCUT2D eigenvalue weighted by atomic mass is 10.1. The van der Waals surface area contributed by atoms with E-state index in [2.05, 4.69) is 41.5 Å². The predicted molar refractivity (Wildman–Crippen MR) is 313 cm³/mol. The van der Waals surface area contributed by atoms with Crippen LogP contribution < -0.4 is 0 Å². The van der Waals surface area contributed by atoms with E-state index in [-0.39, 0.29) is 36.5 Å². The van der Waals surface area contributed by atoms with Crippen LogP contribution in [0.15, 0.2) is 0 Å². The zero-order chi connectivity index (χ0) is 72.5. The first-order valence-corrected chi connectivity index (χ1v) is 26.2. The van der Waals surface area contributed by atoms with Crippen LogP contribution >= 0.6 is 0 Å². The number of Topliss-reactive ketones (excluding diaryl/α,β-unsaturated/α-hetero) is 9. The van der Waals surface area contributed by atoms with Crippen LogP contribution in [0.3, 0.4) is 0 Å². The molecule has 0 bridgehead atoms. The van der Waals surface area contributed by atoms with Gasteiger partial charge in [0, 0.05) is 78.2 Å². The minimum atomic E-state index is -2.39. The lowest BCUT2D eigenvalue weighted by Gasteiger charge is -1.98. The fourth-order valence-corrected chi connectivity index (χ4v) is 3.42. The molecule has 0 heterocycles. The number of ketones is 9. The van der Waals surface area contributed by atoms with Gasteiger partial charge in [-0.2, -0.15) is 0 Å². The molecule has 0 N–H and O–H groups in total. The van der Waals surface area contributed by atoms with E-state index in [0.717, 1.165) is 59.3 Å². The summed E-state index contributed by atoms with van der Waals surface area (Å²) in [6, 6.07) is 0. The van der Waals surface area contributed by atoms with Gasteiger partial charge < -0.3 is 43.2 Å². The van der Waals surface area contributed by atoms with Crippen molar-refractivity contribution in [3.63, 3.8) is 0 Å². The SMILES string of the molecule is CC(=O)CCC(C)C.CC(=O)CCC(C)C.CC(=O)CCC(C)C.[2H]C(CC(C)=O)C(C)C.[2H]C([2H])(C(C)=O)C([2H])([2H])C(C)C.[2H]C([2H])(C(C)=O)C([2H])([2H])C(C)C.[2H]C([2H])(C(C)=O)C([2H])([2H])C(C)C.[2H][C@@H](CC(C)=O)C(C)C.[2H][C@H](CC(C)=O)C(C)C. The molecule has 0 aliphatic rings. The summed E-state index contributed by atoms with van der Waals surface area (Å²) in [6.45, 7) is 46.6. The first-order valence-electron chi connectivity index (χ1n) is 33.9. The minimum Gasteiger partial charge on any atom is -0.300 e. The van der Waals surface area contributed by atoms with Gasteiger partial charge in [0.1, 0.15) is 52.0 Å². The summed E-state index contributed by atoms with van der Waals surface area (Å²) in [6.07, 6.45) is -7.52. The van der Waals surface area contributed by atoms with Gasteiger partial charge in [-0.05, 0) is 173 Å². The van der Waals surface area contributed by atoms with Gasteiger partial charge in [0.2, 0.25) is 0 Å². The normalized spacial score (nSPS) is 15.6. The quantitative estimate of drug-likeness (QED) is 0.0782. The van der Waals surface area contributed by atoms with Gasteiger partial charge in [0.15, 0.2) is 0 Å². The first kappa shape index (κ1) is 56.8. The van der Waals surface area contributed by atoms with Crippen LogP contribution in [-0.4, -0.2) is 52.0 Å². The Morgan fingerprint density at radius 3 is 0.431 bits per heavy atom. The standard InChI is InChI=1S/9C7H14O/c9*1-6(2)4-5-7(3)8/h9*6H,4-5H2,1-3H3/i3*4D2,5D2;3*4D;;;/t;;;2*4-;;;;/m...10..../s1. The molecular weight excluding hydrogens is 901 g/mol. The van der Waals surface area contributed by atoms with Crippen molar-refractivity contribution in [3.8, 4) is 0 Å². The molecule has 0 radical (unpaired) electrons. The fraction of sp³-hybridized carbons (Fsp3) is 0.857.